The van der Waals surface area contributed by atoms with Gasteiger partial charge in [-0.05, 0) is 48.5 Å². The molecular formula is C22H27N3O5S2. The third kappa shape index (κ3) is 9.13. The lowest BCUT2D eigenvalue weighted by Crippen LogP contribution is -2.34. The van der Waals surface area contributed by atoms with Gasteiger partial charge < -0.3 is 15.4 Å². The molecule has 0 aliphatic rings. The van der Waals surface area contributed by atoms with Gasteiger partial charge in [-0.2, -0.15) is 0 Å². The molecule has 0 atom stereocenters. The average Bonchev–Trinajstić information content (AvgIpc) is 2.77. The Kier molecular flexibility index (Phi) is 10.3. The number of nitrogens with one attached hydrogen (secondary N) is 3. The van der Waals surface area contributed by atoms with Gasteiger partial charge >= 0.3 is 5.97 Å². The van der Waals surface area contributed by atoms with Gasteiger partial charge in [0, 0.05) is 25.1 Å². The summed E-state index contributed by atoms with van der Waals surface area (Å²) in [6.07, 6.45) is 1.19. The van der Waals surface area contributed by atoms with E-state index in [2.05, 4.69) is 15.4 Å². The van der Waals surface area contributed by atoms with Crippen LogP contribution in [-0.2, 0) is 30.8 Å². The van der Waals surface area contributed by atoms with Crippen molar-refractivity contribution in [3.8, 4) is 0 Å². The molecule has 3 N–H and O–H groups in total. The first kappa shape index (κ1) is 25.4. The van der Waals surface area contributed by atoms with Crippen molar-refractivity contribution in [2.24, 2.45) is 0 Å². The van der Waals surface area contributed by atoms with E-state index in [9.17, 15) is 18.0 Å². The minimum Gasteiger partial charge on any atom is -0.465 e. The van der Waals surface area contributed by atoms with E-state index < -0.39 is 21.9 Å². The van der Waals surface area contributed by atoms with Gasteiger partial charge in [-0.15, -0.1) is 0 Å². The first-order valence-corrected chi connectivity index (χ1v) is 12.1. The van der Waals surface area contributed by atoms with Crippen molar-refractivity contribution >= 4 is 44.9 Å². The molecule has 0 saturated carbocycles. The average molecular weight is 478 g/mol. The van der Waals surface area contributed by atoms with Crippen molar-refractivity contribution in [3.05, 3.63) is 60.2 Å². The Labute approximate surface area is 193 Å². The lowest BCUT2D eigenvalue weighted by molar-refractivity contribution is -0.144. The molecular weight excluding hydrogens is 450 g/mol. The first-order valence-electron chi connectivity index (χ1n) is 10.2. The maximum absolute atomic E-state index is 12.1. The van der Waals surface area contributed by atoms with E-state index in [0.717, 1.165) is 5.56 Å². The van der Waals surface area contributed by atoms with Crippen LogP contribution in [0.1, 0.15) is 31.7 Å². The molecule has 2 aromatic rings. The zero-order valence-electron chi connectivity index (χ0n) is 17.8. The van der Waals surface area contributed by atoms with E-state index in [1.165, 1.54) is 12.1 Å². The molecule has 0 unspecified atom stereocenters. The molecule has 0 spiro atoms. The monoisotopic (exact) mass is 477 g/mol. The standard InChI is InChI=1S/C22H27N3O5S2/c1-2-15-23-32(28,29)19-10-8-18(9-11-19)24-22(31)25-20(26)12-13-21(27)30-16-14-17-6-4-3-5-7-17/h3-11,23H,2,12-16H2,1H3,(H2,24,25,26,31). The lowest BCUT2D eigenvalue weighted by Gasteiger charge is -2.11. The quantitative estimate of drug-likeness (QED) is 0.337. The van der Waals surface area contributed by atoms with Crippen LogP contribution >= 0.6 is 12.2 Å². The molecule has 0 saturated heterocycles. The van der Waals surface area contributed by atoms with Crippen LogP contribution in [-0.4, -0.2) is 38.6 Å². The van der Waals surface area contributed by atoms with Crippen LogP contribution in [0.5, 0.6) is 0 Å². The summed E-state index contributed by atoms with van der Waals surface area (Å²) in [5, 5.41) is 5.33. The van der Waals surface area contributed by atoms with Gasteiger partial charge in [0.1, 0.15) is 0 Å². The molecule has 2 rings (SSSR count). The van der Waals surface area contributed by atoms with Crippen molar-refractivity contribution in [1.82, 2.24) is 10.0 Å². The molecule has 32 heavy (non-hydrogen) atoms. The van der Waals surface area contributed by atoms with Gasteiger partial charge in [0.2, 0.25) is 15.9 Å². The van der Waals surface area contributed by atoms with Gasteiger partial charge in [-0.3, -0.25) is 9.59 Å². The van der Waals surface area contributed by atoms with Crippen molar-refractivity contribution in [1.29, 1.82) is 0 Å². The molecule has 2 aromatic carbocycles. The molecule has 0 radical (unpaired) electrons. The summed E-state index contributed by atoms with van der Waals surface area (Å²) in [6, 6.07) is 15.6. The van der Waals surface area contributed by atoms with E-state index in [0.29, 0.717) is 25.1 Å². The Morgan fingerprint density at radius 1 is 1.00 bits per heavy atom. The molecule has 1 amide bonds. The highest BCUT2D eigenvalue weighted by Crippen LogP contribution is 2.14. The fourth-order valence-corrected chi connectivity index (χ4v) is 3.97. The molecule has 0 bridgehead atoms. The Balaban J connectivity index is 1.70. The third-order valence-electron chi connectivity index (χ3n) is 4.27. The summed E-state index contributed by atoms with van der Waals surface area (Å²) in [5.41, 5.74) is 1.59. The molecule has 0 heterocycles. The summed E-state index contributed by atoms with van der Waals surface area (Å²) in [6.45, 7) is 2.49. The summed E-state index contributed by atoms with van der Waals surface area (Å²) in [7, 11) is -3.55. The highest BCUT2D eigenvalue weighted by atomic mass is 32.2. The molecule has 8 nitrogen and oxygen atoms in total. The number of sulfonamides is 1. The predicted octanol–water partition coefficient (Wildman–Crippen LogP) is 2.75. The molecule has 0 aliphatic heterocycles. The highest BCUT2D eigenvalue weighted by molar-refractivity contribution is 7.89. The number of hydrogen-bond donors (Lipinski definition) is 3. The first-order chi connectivity index (χ1) is 15.3. The number of thiocarbonyl (C=S) groups is 1. The van der Waals surface area contributed by atoms with Gasteiger partial charge in [0.05, 0.1) is 17.9 Å². The maximum Gasteiger partial charge on any atom is 0.306 e. The molecule has 0 fully saturated rings. The van der Waals surface area contributed by atoms with Crippen LogP contribution in [0.3, 0.4) is 0 Å². The van der Waals surface area contributed by atoms with Crippen molar-refractivity contribution in [2.45, 2.75) is 37.5 Å². The Morgan fingerprint density at radius 3 is 2.34 bits per heavy atom. The third-order valence-corrected chi connectivity index (χ3v) is 5.95. The summed E-state index contributed by atoms with van der Waals surface area (Å²) < 4.78 is 31.8. The number of ether oxygens (including phenoxy) is 1. The number of hydrogen-bond acceptors (Lipinski definition) is 6. The SMILES string of the molecule is CCCNS(=O)(=O)c1ccc(NC(=S)NC(=O)CCC(=O)OCCc2ccccc2)cc1. The second-order valence-corrected chi connectivity index (χ2v) is 9.06. The zero-order valence-corrected chi connectivity index (χ0v) is 19.4. The number of esters is 1. The van der Waals surface area contributed by atoms with Gasteiger partial charge in [0.25, 0.3) is 0 Å². The van der Waals surface area contributed by atoms with Crippen molar-refractivity contribution in [2.75, 3.05) is 18.5 Å². The summed E-state index contributed by atoms with van der Waals surface area (Å²) >= 11 is 5.09. The van der Waals surface area contributed by atoms with E-state index >= 15 is 0 Å². The van der Waals surface area contributed by atoms with Crippen LogP contribution in [0.15, 0.2) is 59.5 Å². The fraction of sp³-hybridized carbons (Fsp3) is 0.318. The molecule has 0 aliphatic carbocycles. The van der Waals surface area contributed by atoms with E-state index in [1.54, 1.807) is 12.1 Å². The van der Waals surface area contributed by atoms with Crippen LogP contribution in [0.25, 0.3) is 0 Å². The minimum absolute atomic E-state index is 0.0483. The van der Waals surface area contributed by atoms with Crippen molar-refractivity contribution in [3.63, 3.8) is 0 Å². The lowest BCUT2D eigenvalue weighted by atomic mass is 10.2. The Hall–Kier alpha value is -2.82. The largest absolute Gasteiger partial charge is 0.465 e. The normalized spacial score (nSPS) is 10.9. The van der Waals surface area contributed by atoms with Gasteiger partial charge in [-0.1, -0.05) is 37.3 Å². The summed E-state index contributed by atoms with van der Waals surface area (Å²) in [4.78, 5) is 23.9. The topological polar surface area (TPSA) is 114 Å². The number of carbonyl (C=O) groups excluding carboxylic acids is 2. The van der Waals surface area contributed by atoms with E-state index in [-0.39, 0.29) is 29.5 Å². The van der Waals surface area contributed by atoms with Crippen LogP contribution in [0, 0.1) is 0 Å². The molecule has 0 aromatic heterocycles. The Morgan fingerprint density at radius 2 is 1.69 bits per heavy atom. The van der Waals surface area contributed by atoms with Gasteiger partial charge in [0.15, 0.2) is 5.11 Å². The Bertz CT molecular complexity index is 1010. The number of amides is 1. The van der Waals surface area contributed by atoms with Crippen LogP contribution < -0.4 is 15.4 Å². The van der Waals surface area contributed by atoms with Crippen LogP contribution in [0.2, 0.25) is 0 Å². The number of benzene rings is 2. The fourth-order valence-electron chi connectivity index (χ4n) is 2.60. The maximum atomic E-state index is 12.1. The van der Waals surface area contributed by atoms with E-state index in [1.807, 2.05) is 37.3 Å². The molecule has 172 valence electrons. The number of anilines is 1. The van der Waals surface area contributed by atoms with E-state index in [4.69, 9.17) is 17.0 Å². The van der Waals surface area contributed by atoms with Crippen molar-refractivity contribution < 1.29 is 22.7 Å². The minimum atomic E-state index is -3.55. The summed E-state index contributed by atoms with van der Waals surface area (Å²) in [5.74, 6) is -0.881. The van der Waals surface area contributed by atoms with Gasteiger partial charge in [-0.25, -0.2) is 13.1 Å². The number of rotatable bonds is 11. The number of carbonyl (C=O) groups is 2. The molecule has 10 heteroatoms. The highest BCUT2D eigenvalue weighted by Gasteiger charge is 2.13. The van der Waals surface area contributed by atoms with Crippen LogP contribution in [0.4, 0.5) is 5.69 Å². The second kappa shape index (κ2) is 12.9. The zero-order chi connectivity index (χ0) is 23.4. The second-order valence-electron chi connectivity index (χ2n) is 6.88. The predicted molar refractivity (Wildman–Crippen MR) is 127 cm³/mol. The smallest absolute Gasteiger partial charge is 0.306 e.